The molecule has 0 bridgehead atoms. The van der Waals surface area contributed by atoms with Crippen molar-refractivity contribution in [1.29, 1.82) is 0 Å². The highest BCUT2D eigenvalue weighted by atomic mass is 16.3. The van der Waals surface area contributed by atoms with Crippen LogP contribution in [-0.2, 0) is 0 Å². The molecule has 3 nitrogen and oxygen atoms in total. The van der Waals surface area contributed by atoms with Crippen LogP contribution in [-0.4, -0.2) is 23.2 Å². The number of benzene rings is 1. The van der Waals surface area contributed by atoms with E-state index in [4.69, 9.17) is 5.11 Å². The van der Waals surface area contributed by atoms with Gasteiger partial charge in [0.15, 0.2) is 0 Å². The molecule has 0 amide bonds. The SMILES string of the molecule is CC(CCO)CNc1ccnc2ccccc12. The third-order valence-corrected chi connectivity index (χ3v) is 2.91. The molecule has 0 saturated carbocycles. The Morgan fingerprint density at radius 2 is 2.12 bits per heavy atom. The number of anilines is 1. The number of nitrogens with zero attached hydrogens (tertiary/aromatic N) is 1. The molecule has 0 spiro atoms. The van der Waals surface area contributed by atoms with Crippen LogP contribution in [0.5, 0.6) is 0 Å². The van der Waals surface area contributed by atoms with Crippen molar-refractivity contribution in [3.63, 3.8) is 0 Å². The molecular weight excluding hydrogens is 212 g/mol. The van der Waals surface area contributed by atoms with Gasteiger partial charge in [-0.2, -0.15) is 0 Å². The number of fused-ring (bicyclic) bond motifs is 1. The van der Waals surface area contributed by atoms with Gasteiger partial charge < -0.3 is 10.4 Å². The van der Waals surface area contributed by atoms with Gasteiger partial charge in [-0.15, -0.1) is 0 Å². The summed E-state index contributed by atoms with van der Waals surface area (Å²) in [6.45, 7) is 3.25. The van der Waals surface area contributed by atoms with E-state index in [0.29, 0.717) is 5.92 Å². The third-order valence-electron chi connectivity index (χ3n) is 2.91. The number of aliphatic hydroxyl groups is 1. The molecule has 0 saturated heterocycles. The predicted molar refractivity (Wildman–Crippen MR) is 71.1 cm³/mol. The van der Waals surface area contributed by atoms with Crippen molar-refractivity contribution in [3.8, 4) is 0 Å². The van der Waals surface area contributed by atoms with E-state index in [9.17, 15) is 0 Å². The Balaban J connectivity index is 2.13. The van der Waals surface area contributed by atoms with Crippen LogP contribution < -0.4 is 5.32 Å². The van der Waals surface area contributed by atoms with E-state index < -0.39 is 0 Å². The van der Waals surface area contributed by atoms with Gasteiger partial charge in [0.25, 0.3) is 0 Å². The molecule has 2 N–H and O–H groups in total. The number of rotatable bonds is 5. The molecule has 90 valence electrons. The van der Waals surface area contributed by atoms with E-state index in [0.717, 1.165) is 29.6 Å². The summed E-state index contributed by atoms with van der Waals surface area (Å²) >= 11 is 0. The molecule has 2 aromatic rings. The number of nitrogens with one attached hydrogen (secondary N) is 1. The zero-order valence-corrected chi connectivity index (χ0v) is 10.1. The molecule has 17 heavy (non-hydrogen) atoms. The van der Waals surface area contributed by atoms with Crippen LogP contribution in [0.4, 0.5) is 5.69 Å². The summed E-state index contributed by atoms with van der Waals surface area (Å²) in [4.78, 5) is 4.33. The molecule has 0 aliphatic rings. The molecule has 0 radical (unpaired) electrons. The molecule has 1 unspecified atom stereocenters. The second-order valence-electron chi connectivity index (χ2n) is 4.37. The van der Waals surface area contributed by atoms with E-state index in [1.165, 1.54) is 0 Å². The van der Waals surface area contributed by atoms with Crippen LogP contribution in [0, 0.1) is 5.92 Å². The Morgan fingerprint density at radius 3 is 2.94 bits per heavy atom. The molecular formula is C14H18N2O. The van der Waals surface area contributed by atoms with Crippen LogP contribution in [0.25, 0.3) is 10.9 Å². The van der Waals surface area contributed by atoms with Crippen molar-refractivity contribution in [1.82, 2.24) is 4.98 Å². The molecule has 0 fully saturated rings. The van der Waals surface area contributed by atoms with Gasteiger partial charge in [-0.25, -0.2) is 0 Å². The maximum atomic E-state index is 8.87. The number of hydrogen-bond donors (Lipinski definition) is 2. The highest BCUT2D eigenvalue weighted by Crippen LogP contribution is 2.21. The summed E-state index contributed by atoms with van der Waals surface area (Å²) in [6, 6.07) is 10.1. The fraction of sp³-hybridized carbons (Fsp3) is 0.357. The van der Waals surface area contributed by atoms with Crippen LogP contribution >= 0.6 is 0 Å². The first kappa shape index (κ1) is 11.9. The summed E-state index contributed by atoms with van der Waals surface area (Å²) in [5.74, 6) is 0.465. The van der Waals surface area contributed by atoms with Gasteiger partial charge in [-0.3, -0.25) is 4.98 Å². The van der Waals surface area contributed by atoms with E-state index in [-0.39, 0.29) is 6.61 Å². The first-order valence-corrected chi connectivity index (χ1v) is 5.99. The van der Waals surface area contributed by atoms with E-state index >= 15 is 0 Å². The molecule has 0 aliphatic carbocycles. The van der Waals surface area contributed by atoms with Crippen molar-refractivity contribution in [2.75, 3.05) is 18.5 Å². The molecule has 1 atom stereocenters. The number of hydrogen-bond acceptors (Lipinski definition) is 3. The average molecular weight is 230 g/mol. The third kappa shape index (κ3) is 2.94. The van der Waals surface area contributed by atoms with Gasteiger partial charge in [0, 0.05) is 30.4 Å². The fourth-order valence-corrected chi connectivity index (χ4v) is 1.86. The minimum Gasteiger partial charge on any atom is -0.396 e. The Hall–Kier alpha value is -1.61. The summed E-state index contributed by atoms with van der Waals surface area (Å²) in [5.41, 5.74) is 2.12. The second-order valence-corrected chi connectivity index (χ2v) is 4.37. The highest BCUT2D eigenvalue weighted by Gasteiger charge is 2.03. The first-order chi connectivity index (χ1) is 8.31. The van der Waals surface area contributed by atoms with Crippen molar-refractivity contribution in [2.24, 2.45) is 5.92 Å². The van der Waals surface area contributed by atoms with E-state index in [1.54, 1.807) is 0 Å². The van der Waals surface area contributed by atoms with Crippen LogP contribution in [0.3, 0.4) is 0 Å². The minimum atomic E-state index is 0.250. The topological polar surface area (TPSA) is 45.1 Å². The fourth-order valence-electron chi connectivity index (χ4n) is 1.86. The summed E-state index contributed by atoms with van der Waals surface area (Å²) in [7, 11) is 0. The standard InChI is InChI=1S/C14H18N2O/c1-11(7-9-17)10-16-14-6-8-15-13-5-3-2-4-12(13)14/h2-6,8,11,17H,7,9-10H2,1H3,(H,15,16). The lowest BCUT2D eigenvalue weighted by Crippen LogP contribution is -2.12. The Labute approximate surface area is 102 Å². The first-order valence-electron chi connectivity index (χ1n) is 5.99. The summed E-state index contributed by atoms with van der Waals surface area (Å²) in [6.07, 6.45) is 2.65. The van der Waals surface area contributed by atoms with Crippen molar-refractivity contribution < 1.29 is 5.11 Å². The zero-order chi connectivity index (χ0) is 12.1. The zero-order valence-electron chi connectivity index (χ0n) is 10.1. The lowest BCUT2D eigenvalue weighted by molar-refractivity contribution is 0.266. The molecule has 3 heteroatoms. The Morgan fingerprint density at radius 1 is 1.29 bits per heavy atom. The normalized spacial score (nSPS) is 12.6. The van der Waals surface area contributed by atoms with Crippen LogP contribution in [0.2, 0.25) is 0 Å². The van der Waals surface area contributed by atoms with Gasteiger partial charge >= 0.3 is 0 Å². The summed E-state index contributed by atoms with van der Waals surface area (Å²) < 4.78 is 0. The quantitative estimate of drug-likeness (QED) is 0.830. The summed E-state index contributed by atoms with van der Waals surface area (Å²) in [5, 5.41) is 13.4. The molecule has 1 aromatic heterocycles. The molecule has 1 aromatic carbocycles. The molecule has 0 aliphatic heterocycles. The van der Waals surface area contributed by atoms with Gasteiger partial charge in [0.2, 0.25) is 0 Å². The van der Waals surface area contributed by atoms with Gasteiger partial charge in [-0.05, 0) is 24.5 Å². The van der Waals surface area contributed by atoms with Crippen molar-refractivity contribution >= 4 is 16.6 Å². The van der Waals surface area contributed by atoms with Gasteiger partial charge in [0.05, 0.1) is 5.52 Å². The largest absolute Gasteiger partial charge is 0.396 e. The maximum Gasteiger partial charge on any atom is 0.0722 e. The Bertz CT molecular complexity index is 479. The van der Waals surface area contributed by atoms with Crippen LogP contribution in [0.1, 0.15) is 13.3 Å². The monoisotopic (exact) mass is 230 g/mol. The average Bonchev–Trinajstić information content (AvgIpc) is 2.36. The molecule has 1 heterocycles. The Kier molecular flexibility index (Phi) is 3.94. The number of aliphatic hydroxyl groups excluding tert-OH is 1. The minimum absolute atomic E-state index is 0.250. The van der Waals surface area contributed by atoms with Crippen LogP contribution in [0.15, 0.2) is 36.5 Å². The molecule has 2 rings (SSSR count). The smallest absolute Gasteiger partial charge is 0.0722 e. The second kappa shape index (κ2) is 5.64. The van der Waals surface area contributed by atoms with E-state index in [1.807, 2.05) is 30.5 Å². The van der Waals surface area contributed by atoms with Crippen molar-refractivity contribution in [3.05, 3.63) is 36.5 Å². The number of pyridine rings is 1. The van der Waals surface area contributed by atoms with Crippen molar-refractivity contribution in [2.45, 2.75) is 13.3 Å². The lowest BCUT2D eigenvalue weighted by Gasteiger charge is -2.13. The highest BCUT2D eigenvalue weighted by molar-refractivity contribution is 5.90. The maximum absolute atomic E-state index is 8.87. The number of aromatic nitrogens is 1. The predicted octanol–water partition coefficient (Wildman–Crippen LogP) is 2.67. The van der Waals surface area contributed by atoms with Gasteiger partial charge in [-0.1, -0.05) is 25.1 Å². The number of para-hydroxylation sites is 1. The van der Waals surface area contributed by atoms with E-state index in [2.05, 4.69) is 23.3 Å². The lowest BCUT2D eigenvalue weighted by atomic mass is 10.1. The van der Waals surface area contributed by atoms with Gasteiger partial charge in [0.1, 0.15) is 0 Å².